The van der Waals surface area contributed by atoms with E-state index in [0.29, 0.717) is 11.7 Å². The largest absolute Gasteiger partial charge is 0.496 e. The first-order valence-electron chi connectivity index (χ1n) is 5.59. The van der Waals surface area contributed by atoms with E-state index in [4.69, 9.17) is 25.8 Å². The molecule has 0 amide bonds. The summed E-state index contributed by atoms with van der Waals surface area (Å²) in [4.78, 5) is 0. The minimum Gasteiger partial charge on any atom is -0.496 e. The van der Waals surface area contributed by atoms with Crippen molar-refractivity contribution in [3.05, 3.63) is 17.2 Å². The molecular formula is C13H17ClO3. The van der Waals surface area contributed by atoms with Gasteiger partial charge in [-0.05, 0) is 12.3 Å². The second-order valence-corrected chi connectivity index (χ2v) is 4.76. The van der Waals surface area contributed by atoms with Crippen molar-refractivity contribution in [2.75, 3.05) is 21.3 Å². The van der Waals surface area contributed by atoms with Gasteiger partial charge in [-0.25, -0.2) is 0 Å². The van der Waals surface area contributed by atoms with Crippen molar-refractivity contribution < 1.29 is 14.2 Å². The molecule has 0 aliphatic heterocycles. The highest BCUT2D eigenvalue weighted by atomic mass is 35.5. The minimum atomic E-state index is -0.0519. The van der Waals surface area contributed by atoms with Gasteiger partial charge in [-0.1, -0.05) is 6.92 Å². The molecule has 2 atom stereocenters. The zero-order valence-electron chi connectivity index (χ0n) is 10.5. The maximum atomic E-state index is 6.44. The second kappa shape index (κ2) is 4.65. The van der Waals surface area contributed by atoms with Gasteiger partial charge in [0, 0.05) is 17.2 Å². The highest BCUT2D eigenvalue weighted by Crippen LogP contribution is 2.52. The first kappa shape index (κ1) is 12.4. The predicted molar refractivity (Wildman–Crippen MR) is 67.6 cm³/mol. The van der Waals surface area contributed by atoms with Crippen LogP contribution in [-0.4, -0.2) is 21.3 Å². The summed E-state index contributed by atoms with van der Waals surface area (Å²) in [6, 6.07) is 1.86. The van der Waals surface area contributed by atoms with Gasteiger partial charge in [0.05, 0.1) is 26.7 Å². The molecule has 3 nitrogen and oxygen atoms in total. The van der Waals surface area contributed by atoms with E-state index < -0.39 is 0 Å². The molecule has 0 saturated carbocycles. The van der Waals surface area contributed by atoms with E-state index in [0.717, 1.165) is 29.0 Å². The van der Waals surface area contributed by atoms with Crippen molar-refractivity contribution in [3.63, 3.8) is 0 Å². The van der Waals surface area contributed by atoms with E-state index in [1.807, 2.05) is 6.07 Å². The topological polar surface area (TPSA) is 27.7 Å². The Labute approximate surface area is 107 Å². The van der Waals surface area contributed by atoms with E-state index in [9.17, 15) is 0 Å². The van der Waals surface area contributed by atoms with E-state index in [2.05, 4.69) is 6.92 Å². The molecule has 0 radical (unpaired) electrons. The van der Waals surface area contributed by atoms with Gasteiger partial charge in [0.25, 0.3) is 0 Å². The highest BCUT2D eigenvalue weighted by molar-refractivity contribution is 6.21. The zero-order valence-corrected chi connectivity index (χ0v) is 11.3. The third kappa shape index (κ3) is 1.82. The molecule has 0 saturated heterocycles. The zero-order chi connectivity index (χ0) is 12.6. The summed E-state index contributed by atoms with van der Waals surface area (Å²) in [5.41, 5.74) is 2.15. The fourth-order valence-corrected chi connectivity index (χ4v) is 2.75. The van der Waals surface area contributed by atoms with Crippen LogP contribution in [0.1, 0.15) is 23.4 Å². The van der Waals surface area contributed by atoms with Crippen LogP contribution in [0.15, 0.2) is 6.07 Å². The Morgan fingerprint density at radius 3 is 2.29 bits per heavy atom. The molecular weight excluding hydrogens is 240 g/mol. The van der Waals surface area contributed by atoms with E-state index >= 15 is 0 Å². The lowest BCUT2D eigenvalue weighted by Gasteiger charge is -2.17. The molecule has 0 aromatic heterocycles. The summed E-state index contributed by atoms with van der Waals surface area (Å²) in [7, 11) is 4.91. The van der Waals surface area contributed by atoms with Gasteiger partial charge >= 0.3 is 0 Å². The lowest BCUT2D eigenvalue weighted by Crippen LogP contribution is -2.00. The first-order valence-corrected chi connectivity index (χ1v) is 6.03. The van der Waals surface area contributed by atoms with E-state index in [1.54, 1.807) is 21.3 Å². The van der Waals surface area contributed by atoms with Gasteiger partial charge < -0.3 is 14.2 Å². The fourth-order valence-electron chi connectivity index (χ4n) is 2.43. The molecule has 1 aliphatic rings. The Hall–Kier alpha value is -1.09. The van der Waals surface area contributed by atoms with Gasteiger partial charge in [0.1, 0.15) is 5.75 Å². The van der Waals surface area contributed by atoms with Crippen LogP contribution in [0.4, 0.5) is 0 Å². The van der Waals surface area contributed by atoms with E-state index in [-0.39, 0.29) is 5.38 Å². The molecule has 17 heavy (non-hydrogen) atoms. The number of methoxy groups -OCH3 is 3. The van der Waals surface area contributed by atoms with Crippen LogP contribution in [0.25, 0.3) is 0 Å². The van der Waals surface area contributed by atoms with Crippen molar-refractivity contribution >= 4 is 11.6 Å². The predicted octanol–water partition coefficient (Wildman–Crippen LogP) is 3.18. The molecule has 4 heteroatoms. The lowest BCUT2D eigenvalue weighted by atomic mass is 10.1. The molecule has 94 valence electrons. The van der Waals surface area contributed by atoms with Crippen molar-refractivity contribution in [1.29, 1.82) is 0 Å². The standard InChI is InChI=1S/C13H17ClO3/c1-7-5-8-9(15-2)6-10(16-3)13(17-4)11(8)12(7)14/h6-7,12H,5H2,1-4H3. The molecule has 0 spiro atoms. The average molecular weight is 257 g/mol. The summed E-state index contributed by atoms with van der Waals surface area (Å²) in [5, 5.41) is -0.0519. The normalized spacial score (nSPS) is 22.2. The number of hydrogen-bond donors (Lipinski definition) is 0. The number of fused-ring (bicyclic) bond motifs is 1. The van der Waals surface area contributed by atoms with Crippen LogP contribution in [0, 0.1) is 5.92 Å². The van der Waals surface area contributed by atoms with Gasteiger partial charge in [-0.2, -0.15) is 0 Å². The summed E-state index contributed by atoms with van der Waals surface area (Å²) in [5.74, 6) is 2.60. The maximum absolute atomic E-state index is 6.44. The number of hydrogen-bond acceptors (Lipinski definition) is 3. The van der Waals surface area contributed by atoms with Crippen molar-refractivity contribution in [2.45, 2.75) is 18.7 Å². The lowest BCUT2D eigenvalue weighted by molar-refractivity contribution is 0.345. The van der Waals surface area contributed by atoms with Crippen LogP contribution in [0.2, 0.25) is 0 Å². The Balaban J connectivity index is 2.66. The number of alkyl halides is 1. The quantitative estimate of drug-likeness (QED) is 0.778. The number of benzene rings is 1. The van der Waals surface area contributed by atoms with Crippen molar-refractivity contribution in [1.82, 2.24) is 0 Å². The Kier molecular flexibility index (Phi) is 3.38. The summed E-state index contributed by atoms with van der Waals surface area (Å²) >= 11 is 6.44. The van der Waals surface area contributed by atoms with Crippen LogP contribution in [-0.2, 0) is 6.42 Å². The average Bonchev–Trinajstić information content (AvgIpc) is 2.64. The molecule has 1 aromatic rings. The molecule has 0 bridgehead atoms. The van der Waals surface area contributed by atoms with Crippen LogP contribution in [0.5, 0.6) is 17.2 Å². The molecule has 1 aromatic carbocycles. The Morgan fingerprint density at radius 2 is 1.76 bits per heavy atom. The molecule has 0 N–H and O–H groups in total. The smallest absolute Gasteiger partial charge is 0.165 e. The van der Waals surface area contributed by atoms with Crippen molar-refractivity contribution in [2.24, 2.45) is 5.92 Å². The molecule has 1 aliphatic carbocycles. The van der Waals surface area contributed by atoms with Gasteiger partial charge in [-0.15, -0.1) is 11.6 Å². The third-order valence-electron chi connectivity index (χ3n) is 3.30. The fraction of sp³-hybridized carbons (Fsp3) is 0.538. The Morgan fingerprint density at radius 1 is 1.12 bits per heavy atom. The van der Waals surface area contributed by atoms with Gasteiger partial charge in [0.15, 0.2) is 11.5 Å². The van der Waals surface area contributed by atoms with Gasteiger partial charge in [0.2, 0.25) is 0 Å². The SMILES string of the molecule is COc1cc(OC)c(OC)c2c1CC(C)C2Cl. The third-order valence-corrected chi connectivity index (χ3v) is 3.95. The van der Waals surface area contributed by atoms with Crippen LogP contribution < -0.4 is 14.2 Å². The second-order valence-electron chi connectivity index (χ2n) is 4.29. The minimum absolute atomic E-state index is 0.0519. The van der Waals surface area contributed by atoms with Crippen molar-refractivity contribution in [3.8, 4) is 17.2 Å². The van der Waals surface area contributed by atoms with Crippen LogP contribution in [0.3, 0.4) is 0 Å². The molecule has 2 rings (SSSR count). The molecule has 0 heterocycles. The van der Waals surface area contributed by atoms with E-state index in [1.165, 1.54) is 0 Å². The summed E-state index contributed by atoms with van der Waals surface area (Å²) in [6.07, 6.45) is 0.910. The monoisotopic (exact) mass is 256 g/mol. The van der Waals surface area contributed by atoms with Gasteiger partial charge in [-0.3, -0.25) is 0 Å². The first-order chi connectivity index (χ1) is 8.13. The molecule has 0 fully saturated rings. The Bertz CT molecular complexity index is 431. The number of rotatable bonds is 3. The maximum Gasteiger partial charge on any atom is 0.165 e. The highest BCUT2D eigenvalue weighted by Gasteiger charge is 2.35. The van der Waals surface area contributed by atoms with Crippen LogP contribution >= 0.6 is 11.6 Å². The summed E-state index contributed by atoms with van der Waals surface area (Å²) < 4.78 is 16.2. The number of ether oxygens (including phenoxy) is 3. The summed E-state index contributed by atoms with van der Waals surface area (Å²) in [6.45, 7) is 2.13. The number of halogens is 1. The molecule has 2 unspecified atom stereocenters.